The van der Waals surface area contributed by atoms with Gasteiger partial charge in [-0.1, -0.05) is 13.8 Å². The van der Waals surface area contributed by atoms with Crippen molar-refractivity contribution in [2.45, 2.75) is 33.6 Å². The van der Waals surface area contributed by atoms with Crippen molar-refractivity contribution in [1.82, 2.24) is 9.97 Å². The van der Waals surface area contributed by atoms with Crippen LogP contribution in [0.2, 0.25) is 0 Å². The molecule has 110 valence electrons. The Morgan fingerprint density at radius 2 is 1.81 bits per heavy atom. The van der Waals surface area contributed by atoms with E-state index in [2.05, 4.69) is 22.2 Å². The van der Waals surface area contributed by atoms with E-state index in [-0.39, 0.29) is 5.56 Å². The maximum Gasteiger partial charge on any atom is 0.335 e. The Balaban J connectivity index is 2.33. The number of rotatable bonds is 5. The van der Waals surface area contributed by atoms with E-state index in [1.807, 2.05) is 13.8 Å². The predicted octanol–water partition coefficient (Wildman–Crippen LogP) is 3.35. The van der Waals surface area contributed by atoms with Gasteiger partial charge in [-0.2, -0.15) is 0 Å². The molecule has 0 unspecified atom stereocenters. The van der Waals surface area contributed by atoms with E-state index in [1.54, 1.807) is 24.3 Å². The number of aromatic carboxylic acids is 1. The van der Waals surface area contributed by atoms with Crippen LogP contribution in [0.4, 0.5) is 11.5 Å². The lowest BCUT2D eigenvalue weighted by Gasteiger charge is -2.13. The van der Waals surface area contributed by atoms with Gasteiger partial charge >= 0.3 is 5.97 Å². The lowest BCUT2D eigenvalue weighted by Crippen LogP contribution is -2.07. The van der Waals surface area contributed by atoms with Crippen LogP contribution >= 0.6 is 0 Å². The predicted molar refractivity (Wildman–Crippen MR) is 82.2 cm³/mol. The van der Waals surface area contributed by atoms with E-state index in [4.69, 9.17) is 5.11 Å². The molecule has 0 spiro atoms. The van der Waals surface area contributed by atoms with E-state index >= 15 is 0 Å². The number of carboxylic acid groups (broad SMARTS) is 1. The molecule has 0 saturated carbocycles. The first-order valence-corrected chi connectivity index (χ1v) is 7.01. The molecular weight excluding hydrogens is 266 g/mol. The van der Waals surface area contributed by atoms with Crippen molar-refractivity contribution in [3.05, 3.63) is 46.9 Å². The SMILES string of the molecule is CCc1nc(C)c(CC)c(Nc2ccc(C(=O)O)cc2)n1. The van der Waals surface area contributed by atoms with Gasteiger partial charge in [0.1, 0.15) is 11.6 Å². The monoisotopic (exact) mass is 285 g/mol. The van der Waals surface area contributed by atoms with Crippen LogP contribution in [0.1, 0.15) is 41.3 Å². The summed E-state index contributed by atoms with van der Waals surface area (Å²) in [5.41, 5.74) is 3.14. The fourth-order valence-electron chi connectivity index (χ4n) is 2.17. The maximum absolute atomic E-state index is 10.9. The Morgan fingerprint density at radius 3 is 2.33 bits per heavy atom. The Morgan fingerprint density at radius 1 is 1.14 bits per heavy atom. The number of hydrogen-bond donors (Lipinski definition) is 2. The summed E-state index contributed by atoms with van der Waals surface area (Å²) in [4.78, 5) is 19.9. The zero-order valence-corrected chi connectivity index (χ0v) is 12.5. The summed E-state index contributed by atoms with van der Waals surface area (Å²) in [5.74, 6) is 0.668. The zero-order valence-electron chi connectivity index (χ0n) is 12.5. The minimum absolute atomic E-state index is 0.268. The molecule has 2 aromatic rings. The standard InChI is InChI=1S/C16H19N3O2/c1-4-13-10(3)17-14(5-2)19-15(13)18-12-8-6-11(7-9-12)16(20)21/h6-9H,4-5H2,1-3H3,(H,20,21)(H,17,18,19). The van der Waals surface area contributed by atoms with E-state index in [0.29, 0.717) is 0 Å². The summed E-state index contributed by atoms with van der Waals surface area (Å²) in [5, 5.41) is 12.2. The molecule has 0 saturated heterocycles. The number of nitrogens with one attached hydrogen (secondary N) is 1. The van der Waals surface area contributed by atoms with Crippen molar-refractivity contribution in [3.8, 4) is 0 Å². The molecule has 1 aromatic carbocycles. The second-order valence-electron chi connectivity index (χ2n) is 4.77. The number of aryl methyl sites for hydroxylation is 2. The summed E-state index contributed by atoms with van der Waals surface area (Å²) < 4.78 is 0. The van der Waals surface area contributed by atoms with Gasteiger partial charge in [-0.25, -0.2) is 14.8 Å². The maximum atomic E-state index is 10.9. The highest BCUT2D eigenvalue weighted by molar-refractivity contribution is 5.88. The highest BCUT2D eigenvalue weighted by Crippen LogP contribution is 2.22. The zero-order chi connectivity index (χ0) is 15.4. The Labute approximate surface area is 124 Å². The molecule has 0 atom stereocenters. The van der Waals surface area contributed by atoms with E-state index in [9.17, 15) is 4.79 Å². The van der Waals surface area contributed by atoms with E-state index < -0.39 is 5.97 Å². The van der Waals surface area contributed by atoms with Crippen molar-refractivity contribution in [2.75, 3.05) is 5.32 Å². The second-order valence-corrected chi connectivity index (χ2v) is 4.77. The van der Waals surface area contributed by atoms with Crippen LogP contribution in [-0.4, -0.2) is 21.0 Å². The van der Waals surface area contributed by atoms with Crippen LogP contribution in [-0.2, 0) is 12.8 Å². The molecule has 0 bridgehead atoms. The number of carbonyl (C=O) groups is 1. The summed E-state index contributed by atoms with van der Waals surface area (Å²) in [6, 6.07) is 6.63. The summed E-state index contributed by atoms with van der Waals surface area (Å²) >= 11 is 0. The average Bonchev–Trinajstić information content (AvgIpc) is 2.47. The van der Waals surface area contributed by atoms with Gasteiger partial charge in [-0.05, 0) is 37.6 Å². The molecule has 1 heterocycles. The number of nitrogens with zero attached hydrogens (tertiary/aromatic N) is 2. The van der Waals surface area contributed by atoms with Gasteiger partial charge in [-0.3, -0.25) is 0 Å². The van der Waals surface area contributed by atoms with Crippen molar-refractivity contribution in [2.24, 2.45) is 0 Å². The molecule has 5 heteroatoms. The van der Waals surface area contributed by atoms with Crippen LogP contribution in [0, 0.1) is 6.92 Å². The molecule has 2 rings (SSSR count). The van der Waals surface area contributed by atoms with Gasteiger partial charge in [-0.15, -0.1) is 0 Å². The van der Waals surface area contributed by atoms with Crippen LogP contribution in [0.25, 0.3) is 0 Å². The number of carboxylic acids is 1. The Bertz CT molecular complexity index is 651. The van der Waals surface area contributed by atoms with Crippen molar-refractivity contribution in [3.63, 3.8) is 0 Å². The molecule has 1 aromatic heterocycles. The van der Waals surface area contributed by atoms with Crippen LogP contribution in [0.15, 0.2) is 24.3 Å². The first kappa shape index (κ1) is 15.0. The molecule has 0 radical (unpaired) electrons. The fraction of sp³-hybridized carbons (Fsp3) is 0.312. The first-order valence-electron chi connectivity index (χ1n) is 7.01. The second kappa shape index (κ2) is 6.35. The number of aromatic nitrogens is 2. The molecule has 0 aliphatic carbocycles. The molecule has 2 N–H and O–H groups in total. The molecule has 21 heavy (non-hydrogen) atoms. The summed E-state index contributed by atoms with van der Waals surface area (Å²) in [7, 11) is 0. The highest BCUT2D eigenvalue weighted by Gasteiger charge is 2.10. The third kappa shape index (κ3) is 3.37. The molecule has 0 amide bonds. The third-order valence-electron chi connectivity index (χ3n) is 3.32. The molecule has 5 nitrogen and oxygen atoms in total. The third-order valence-corrected chi connectivity index (χ3v) is 3.32. The van der Waals surface area contributed by atoms with Gasteiger partial charge in [0, 0.05) is 23.4 Å². The van der Waals surface area contributed by atoms with Gasteiger partial charge in [0.05, 0.1) is 5.56 Å². The quantitative estimate of drug-likeness (QED) is 0.881. The van der Waals surface area contributed by atoms with E-state index in [1.165, 1.54) is 0 Å². The van der Waals surface area contributed by atoms with Gasteiger partial charge < -0.3 is 10.4 Å². The minimum atomic E-state index is -0.929. The largest absolute Gasteiger partial charge is 0.478 e. The summed E-state index contributed by atoms with van der Waals surface area (Å²) in [6.45, 7) is 6.07. The minimum Gasteiger partial charge on any atom is -0.478 e. The van der Waals surface area contributed by atoms with Gasteiger partial charge in [0.15, 0.2) is 0 Å². The molecule has 0 aliphatic heterocycles. The number of benzene rings is 1. The van der Waals surface area contributed by atoms with Gasteiger partial charge in [0.25, 0.3) is 0 Å². The average molecular weight is 285 g/mol. The van der Waals surface area contributed by atoms with Crippen molar-refractivity contribution < 1.29 is 9.90 Å². The topological polar surface area (TPSA) is 75.1 Å². The lowest BCUT2D eigenvalue weighted by molar-refractivity contribution is 0.0697. The molecule has 0 fully saturated rings. The van der Waals surface area contributed by atoms with Crippen LogP contribution in [0.5, 0.6) is 0 Å². The van der Waals surface area contributed by atoms with Crippen molar-refractivity contribution >= 4 is 17.5 Å². The van der Waals surface area contributed by atoms with Crippen molar-refractivity contribution in [1.29, 1.82) is 0 Å². The normalized spacial score (nSPS) is 10.4. The van der Waals surface area contributed by atoms with Gasteiger partial charge in [0.2, 0.25) is 0 Å². The highest BCUT2D eigenvalue weighted by atomic mass is 16.4. The number of hydrogen-bond acceptors (Lipinski definition) is 4. The Hall–Kier alpha value is -2.43. The first-order chi connectivity index (χ1) is 10.0. The van der Waals surface area contributed by atoms with E-state index in [0.717, 1.165) is 41.4 Å². The summed E-state index contributed by atoms with van der Waals surface area (Å²) in [6.07, 6.45) is 1.61. The van der Waals surface area contributed by atoms with Crippen LogP contribution < -0.4 is 5.32 Å². The smallest absolute Gasteiger partial charge is 0.335 e. The molecule has 0 aliphatic rings. The van der Waals surface area contributed by atoms with Crippen LogP contribution in [0.3, 0.4) is 0 Å². The molecular formula is C16H19N3O2. The fourth-order valence-corrected chi connectivity index (χ4v) is 2.17. The Kier molecular flexibility index (Phi) is 4.52. The lowest BCUT2D eigenvalue weighted by atomic mass is 10.1. The number of anilines is 2.